The molecule has 6 nitrogen and oxygen atoms in total. The number of rotatable bonds is 4. The highest BCUT2D eigenvalue weighted by Gasteiger charge is 2.25. The van der Waals surface area contributed by atoms with E-state index in [1.54, 1.807) is 0 Å². The van der Waals surface area contributed by atoms with Gasteiger partial charge in [0, 0.05) is 25.6 Å². The van der Waals surface area contributed by atoms with Crippen LogP contribution in [-0.2, 0) is 4.79 Å². The third-order valence-electron chi connectivity index (χ3n) is 3.26. The van der Waals surface area contributed by atoms with Gasteiger partial charge in [0.2, 0.25) is 5.91 Å². The number of nitrogens with zero attached hydrogens (tertiary/aromatic N) is 1. The molecular formula is C11H22N4O2. The minimum absolute atomic E-state index is 0.286. The van der Waals surface area contributed by atoms with E-state index < -0.39 is 6.03 Å². The molecule has 1 aliphatic heterocycles. The van der Waals surface area contributed by atoms with E-state index in [-0.39, 0.29) is 12.3 Å². The summed E-state index contributed by atoms with van der Waals surface area (Å²) in [6.07, 6.45) is 2.50. The summed E-state index contributed by atoms with van der Waals surface area (Å²) >= 11 is 0. The van der Waals surface area contributed by atoms with Crippen molar-refractivity contribution in [1.29, 1.82) is 0 Å². The summed E-state index contributed by atoms with van der Waals surface area (Å²) in [4.78, 5) is 24.0. The first-order chi connectivity index (χ1) is 8.02. The lowest BCUT2D eigenvalue weighted by molar-refractivity contribution is -0.120. The maximum atomic E-state index is 11.3. The van der Waals surface area contributed by atoms with Crippen molar-refractivity contribution in [3.63, 3.8) is 0 Å². The first-order valence-corrected chi connectivity index (χ1v) is 6.06. The fraction of sp³-hybridized carbons (Fsp3) is 0.818. The van der Waals surface area contributed by atoms with E-state index in [2.05, 4.69) is 17.1 Å². The van der Waals surface area contributed by atoms with Gasteiger partial charge in [0.05, 0.1) is 0 Å². The number of imide groups is 1. The van der Waals surface area contributed by atoms with Gasteiger partial charge in [-0.1, -0.05) is 6.92 Å². The van der Waals surface area contributed by atoms with E-state index in [0.29, 0.717) is 25.0 Å². The van der Waals surface area contributed by atoms with Crippen LogP contribution in [0.2, 0.25) is 0 Å². The number of urea groups is 1. The predicted molar refractivity (Wildman–Crippen MR) is 65.2 cm³/mol. The molecule has 0 aromatic heterocycles. The molecule has 0 aromatic carbocycles. The molecule has 3 amide bonds. The van der Waals surface area contributed by atoms with E-state index in [0.717, 1.165) is 19.4 Å². The molecule has 0 spiro atoms. The topological polar surface area (TPSA) is 101 Å². The third kappa shape index (κ3) is 4.70. The Labute approximate surface area is 102 Å². The van der Waals surface area contributed by atoms with Crippen LogP contribution in [0.15, 0.2) is 0 Å². The number of carbonyl (C=O) groups is 2. The molecule has 5 N–H and O–H groups in total. The summed E-state index contributed by atoms with van der Waals surface area (Å²) in [5, 5.41) is 2.07. The zero-order valence-corrected chi connectivity index (χ0v) is 10.3. The number of carbonyl (C=O) groups excluding carboxylic acids is 2. The summed E-state index contributed by atoms with van der Waals surface area (Å²) in [5.74, 6) is 0.367. The van der Waals surface area contributed by atoms with Gasteiger partial charge in [-0.15, -0.1) is 0 Å². The molecule has 1 rings (SSSR count). The summed E-state index contributed by atoms with van der Waals surface area (Å²) in [6.45, 7) is 4.43. The normalized spacial score (nSPS) is 25.5. The van der Waals surface area contributed by atoms with Gasteiger partial charge in [-0.3, -0.25) is 15.0 Å². The summed E-state index contributed by atoms with van der Waals surface area (Å²) in [6, 6.07) is -0.447. The molecule has 0 saturated carbocycles. The molecule has 0 aromatic rings. The average molecular weight is 242 g/mol. The minimum atomic E-state index is -0.794. The van der Waals surface area contributed by atoms with Crippen molar-refractivity contribution in [1.82, 2.24) is 10.2 Å². The second-order valence-electron chi connectivity index (χ2n) is 4.72. The van der Waals surface area contributed by atoms with Crippen LogP contribution in [0.3, 0.4) is 0 Å². The molecule has 0 aliphatic carbocycles. The van der Waals surface area contributed by atoms with Crippen LogP contribution in [0.25, 0.3) is 0 Å². The average Bonchev–Trinajstić information content (AvgIpc) is 2.26. The molecule has 1 heterocycles. The minimum Gasteiger partial charge on any atom is -0.351 e. The quantitative estimate of drug-likeness (QED) is 0.626. The molecule has 1 aliphatic rings. The number of piperidine rings is 1. The summed E-state index contributed by atoms with van der Waals surface area (Å²) < 4.78 is 0. The monoisotopic (exact) mass is 242 g/mol. The van der Waals surface area contributed by atoms with Crippen molar-refractivity contribution in [3.05, 3.63) is 0 Å². The SMILES string of the molecule is CC1CCN(CCC(=O)NC(N)=O)C(CN)C1. The van der Waals surface area contributed by atoms with E-state index in [4.69, 9.17) is 11.5 Å². The van der Waals surface area contributed by atoms with Gasteiger partial charge >= 0.3 is 6.03 Å². The molecule has 1 saturated heterocycles. The Kier molecular flexibility index (Phi) is 5.37. The van der Waals surface area contributed by atoms with Crippen LogP contribution < -0.4 is 16.8 Å². The van der Waals surface area contributed by atoms with Gasteiger partial charge in [0.15, 0.2) is 0 Å². The van der Waals surface area contributed by atoms with Gasteiger partial charge < -0.3 is 11.5 Å². The lowest BCUT2D eigenvalue weighted by Gasteiger charge is -2.37. The Bertz CT molecular complexity index is 283. The van der Waals surface area contributed by atoms with Crippen molar-refractivity contribution >= 4 is 11.9 Å². The molecule has 17 heavy (non-hydrogen) atoms. The third-order valence-corrected chi connectivity index (χ3v) is 3.26. The van der Waals surface area contributed by atoms with Crippen molar-refractivity contribution < 1.29 is 9.59 Å². The van der Waals surface area contributed by atoms with Crippen molar-refractivity contribution in [2.75, 3.05) is 19.6 Å². The first-order valence-electron chi connectivity index (χ1n) is 6.06. The summed E-state index contributed by atoms with van der Waals surface area (Å²) in [7, 11) is 0. The molecule has 2 atom stereocenters. The van der Waals surface area contributed by atoms with Crippen molar-refractivity contribution in [2.45, 2.75) is 32.2 Å². The highest BCUT2D eigenvalue weighted by molar-refractivity contribution is 5.93. The molecule has 6 heteroatoms. The zero-order chi connectivity index (χ0) is 12.8. The number of nitrogens with one attached hydrogen (secondary N) is 1. The van der Waals surface area contributed by atoms with Crippen LogP contribution in [-0.4, -0.2) is 42.5 Å². The highest BCUT2D eigenvalue weighted by Crippen LogP contribution is 2.21. The first kappa shape index (κ1) is 13.9. The Morgan fingerprint density at radius 1 is 1.47 bits per heavy atom. The van der Waals surface area contributed by atoms with E-state index in [1.807, 2.05) is 0 Å². The molecule has 1 fully saturated rings. The Morgan fingerprint density at radius 2 is 2.18 bits per heavy atom. The largest absolute Gasteiger partial charge is 0.351 e. The van der Waals surface area contributed by atoms with E-state index in [9.17, 15) is 9.59 Å². The molecule has 2 unspecified atom stereocenters. The van der Waals surface area contributed by atoms with Crippen LogP contribution in [0.4, 0.5) is 4.79 Å². The number of hydrogen-bond acceptors (Lipinski definition) is 4. The van der Waals surface area contributed by atoms with Gasteiger partial charge in [-0.25, -0.2) is 4.79 Å². The Morgan fingerprint density at radius 3 is 2.76 bits per heavy atom. The van der Waals surface area contributed by atoms with E-state index >= 15 is 0 Å². The van der Waals surface area contributed by atoms with Gasteiger partial charge in [0.25, 0.3) is 0 Å². The predicted octanol–water partition coefficient (Wildman–Crippen LogP) is -0.369. The highest BCUT2D eigenvalue weighted by atomic mass is 16.2. The Balaban J connectivity index is 2.34. The number of likely N-dealkylation sites (tertiary alicyclic amines) is 1. The maximum absolute atomic E-state index is 11.3. The smallest absolute Gasteiger partial charge is 0.318 e. The zero-order valence-electron chi connectivity index (χ0n) is 10.3. The lowest BCUT2D eigenvalue weighted by atomic mass is 9.92. The van der Waals surface area contributed by atoms with Crippen molar-refractivity contribution in [3.8, 4) is 0 Å². The maximum Gasteiger partial charge on any atom is 0.318 e. The van der Waals surface area contributed by atoms with E-state index in [1.165, 1.54) is 0 Å². The van der Waals surface area contributed by atoms with Crippen LogP contribution in [0.1, 0.15) is 26.2 Å². The standard InChI is InChI=1S/C11H22N4O2/c1-8-2-4-15(9(6-8)7-12)5-3-10(16)14-11(13)17/h8-9H,2-7,12H2,1H3,(H3,13,14,16,17). The fourth-order valence-electron chi connectivity index (χ4n) is 2.28. The fourth-order valence-corrected chi connectivity index (χ4v) is 2.28. The molecular weight excluding hydrogens is 220 g/mol. The second-order valence-corrected chi connectivity index (χ2v) is 4.72. The second kappa shape index (κ2) is 6.56. The molecule has 0 radical (unpaired) electrons. The van der Waals surface area contributed by atoms with Crippen LogP contribution in [0, 0.1) is 5.92 Å². The van der Waals surface area contributed by atoms with Crippen molar-refractivity contribution in [2.24, 2.45) is 17.4 Å². The number of primary amides is 1. The van der Waals surface area contributed by atoms with Crippen LogP contribution >= 0.6 is 0 Å². The van der Waals surface area contributed by atoms with Gasteiger partial charge in [-0.2, -0.15) is 0 Å². The van der Waals surface area contributed by atoms with Gasteiger partial charge in [0.1, 0.15) is 0 Å². The Hall–Kier alpha value is -1.14. The molecule has 98 valence electrons. The number of nitrogens with two attached hydrogens (primary N) is 2. The number of hydrogen-bond donors (Lipinski definition) is 3. The van der Waals surface area contributed by atoms with Crippen LogP contribution in [0.5, 0.6) is 0 Å². The summed E-state index contributed by atoms with van der Waals surface area (Å²) in [5.41, 5.74) is 10.6. The van der Waals surface area contributed by atoms with Gasteiger partial charge in [-0.05, 0) is 25.3 Å². The number of amides is 3. The molecule has 0 bridgehead atoms. The lowest BCUT2D eigenvalue weighted by Crippen LogP contribution is -2.47.